The van der Waals surface area contributed by atoms with E-state index in [9.17, 15) is 4.79 Å². The van der Waals surface area contributed by atoms with Crippen LogP contribution >= 0.6 is 15.9 Å². The van der Waals surface area contributed by atoms with Crippen molar-refractivity contribution in [1.29, 1.82) is 0 Å². The molecule has 5 heteroatoms. The van der Waals surface area contributed by atoms with E-state index in [-0.39, 0.29) is 11.0 Å². The molecule has 100 valence electrons. The van der Waals surface area contributed by atoms with Gasteiger partial charge in [0.15, 0.2) is 0 Å². The van der Waals surface area contributed by atoms with Gasteiger partial charge in [-0.15, -0.1) is 0 Å². The number of anilines is 1. The highest BCUT2D eigenvalue weighted by Crippen LogP contribution is 2.48. The van der Waals surface area contributed by atoms with Gasteiger partial charge in [0, 0.05) is 24.5 Å². The summed E-state index contributed by atoms with van der Waals surface area (Å²) in [6.07, 6.45) is 4.17. The first-order valence-electron chi connectivity index (χ1n) is 6.52. The van der Waals surface area contributed by atoms with Crippen LogP contribution < -0.4 is 10.5 Å². The van der Waals surface area contributed by atoms with E-state index in [1.165, 1.54) is 12.8 Å². The van der Waals surface area contributed by atoms with Gasteiger partial charge in [0.1, 0.15) is 0 Å². The largest absolute Gasteiger partial charge is 0.371 e. The molecule has 0 aromatic carbocycles. The molecule has 0 atom stereocenters. The summed E-state index contributed by atoms with van der Waals surface area (Å²) in [7, 11) is 0. The third-order valence-electron chi connectivity index (χ3n) is 3.71. The number of aromatic nitrogens is 2. The summed E-state index contributed by atoms with van der Waals surface area (Å²) in [6, 6.07) is 1.70. The van der Waals surface area contributed by atoms with Gasteiger partial charge in [-0.3, -0.25) is 4.79 Å². The van der Waals surface area contributed by atoms with Crippen molar-refractivity contribution in [1.82, 2.24) is 9.78 Å². The molecule has 1 aromatic heterocycles. The molecule has 2 rings (SSSR count). The second-order valence-corrected chi connectivity index (χ2v) is 5.58. The van der Waals surface area contributed by atoms with E-state index in [0.29, 0.717) is 0 Å². The highest BCUT2D eigenvalue weighted by atomic mass is 79.9. The SMILES string of the molecule is CCN(CC)c1cnn(CC2(CBr)CC2)c(=O)c1. The Hall–Kier alpha value is -0.840. The quantitative estimate of drug-likeness (QED) is 0.756. The molecule has 1 heterocycles. The zero-order valence-corrected chi connectivity index (χ0v) is 12.6. The molecule has 1 aromatic rings. The van der Waals surface area contributed by atoms with Crippen molar-refractivity contribution >= 4 is 21.6 Å². The topological polar surface area (TPSA) is 38.1 Å². The maximum Gasteiger partial charge on any atom is 0.268 e. The molecular formula is C13H20BrN3O. The fraction of sp³-hybridized carbons (Fsp3) is 0.692. The lowest BCUT2D eigenvalue weighted by atomic mass is 10.1. The first-order chi connectivity index (χ1) is 8.64. The lowest BCUT2D eigenvalue weighted by Gasteiger charge is -2.21. The van der Waals surface area contributed by atoms with Crippen molar-refractivity contribution in [3.05, 3.63) is 22.6 Å². The van der Waals surface area contributed by atoms with Crippen LogP contribution in [0.3, 0.4) is 0 Å². The average Bonchev–Trinajstić information content (AvgIpc) is 3.15. The standard InChI is InChI=1S/C13H20BrN3O/c1-3-16(4-2)11-7-12(18)17(15-8-11)10-13(9-14)5-6-13/h7-8H,3-6,9-10H2,1-2H3. The third-order valence-corrected chi connectivity index (χ3v) is 4.90. The van der Waals surface area contributed by atoms with Crippen LogP contribution in [-0.2, 0) is 6.54 Å². The van der Waals surface area contributed by atoms with Gasteiger partial charge >= 0.3 is 0 Å². The number of hydrogen-bond acceptors (Lipinski definition) is 3. The molecule has 0 radical (unpaired) electrons. The van der Waals surface area contributed by atoms with Crippen LogP contribution in [0.5, 0.6) is 0 Å². The Morgan fingerprint density at radius 1 is 1.44 bits per heavy atom. The first-order valence-corrected chi connectivity index (χ1v) is 7.64. The molecule has 18 heavy (non-hydrogen) atoms. The van der Waals surface area contributed by atoms with E-state index in [2.05, 4.69) is 39.8 Å². The summed E-state index contributed by atoms with van der Waals surface area (Å²) in [5.74, 6) is 0. The maximum atomic E-state index is 12.1. The van der Waals surface area contributed by atoms with E-state index >= 15 is 0 Å². The molecule has 1 fully saturated rings. The van der Waals surface area contributed by atoms with Gasteiger partial charge in [0.05, 0.1) is 18.4 Å². The molecule has 0 saturated heterocycles. The van der Waals surface area contributed by atoms with Gasteiger partial charge in [-0.2, -0.15) is 5.10 Å². The Bertz CT molecular complexity index is 464. The first kappa shape index (κ1) is 13.6. The minimum absolute atomic E-state index is 0.00613. The van der Waals surface area contributed by atoms with Crippen molar-refractivity contribution < 1.29 is 0 Å². The lowest BCUT2D eigenvalue weighted by molar-refractivity contribution is 0.425. The molecule has 0 unspecified atom stereocenters. The van der Waals surface area contributed by atoms with Crippen molar-refractivity contribution in [3.63, 3.8) is 0 Å². The van der Waals surface area contributed by atoms with Crippen LogP contribution in [0.15, 0.2) is 17.1 Å². The fourth-order valence-corrected chi connectivity index (χ4v) is 2.87. The Morgan fingerprint density at radius 2 is 2.11 bits per heavy atom. The fourth-order valence-electron chi connectivity index (χ4n) is 2.13. The zero-order chi connectivity index (χ0) is 13.2. The zero-order valence-electron chi connectivity index (χ0n) is 11.0. The minimum Gasteiger partial charge on any atom is -0.371 e. The third kappa shape index (κ3) is 2.76. The van der Waals surface area contributed by atoms with E-state index in [0.717, 1.165) is 30.7 Å². The predicted octanol–water partition coefficient (Wildman–Crippen LogP) is 2.26. The predicted molar refractivity (Wildman–Crippen MR) is 77.5 cm³/mol. The van der Waals surface area contributed by atoms with Crippen LogP contribution in [0.2, 0.25) is 0 Å². The average molecular weight is 314 g/mol. The second kappa shape index (κ2) is 5.43. The summed E-state index contributed by atoms with van der Waals surface area (Å²) >= 11 is 3.52. The van der Waals surface area contributed by atoms with Gasteiger partial charge in [-0.25, -0.2) is 4.68 Å². The molecule has 1 aliphatic carbocycles. The van der Waals surface area contributed by atoms with E-state index in [1.807, 2.05) is 0 Å². The van der Waals surface area contributed by atoms with Crippen LogP contribution in [0, 0.1) is 5.41 Å². The molecule has 1 saturated carbocycles. The summed E-state index contributed by atoms with van der Waals surface area (Å²) in [5.41, 5.74) is 1.20. The highest BCUT2D eigenvalue weighted by Gasteiger charge is 2.42. The molecule has 0 bridgehead atoms. The molecule has 4 nitrogen and oxygen atoms in total. The minimum atomic E-state index is 0.00613. The molecular weight excluding hydrogens is 294 g/mol. The molecule has 0 amide bonds. The smallest absolute Gasteiger partial charge is 0.268 e. The Kier molecular flexibility index (Phi) is 4.10. The Morgan fingerprint density at radius 3 is 2.56 bits per heavy atom. The molecule has 0 N–H and O–H groups in total. The lowest BCUT2D eigenvalue weighted by Crippen LogP contribution is -2.30. The van der Waals surface area contributed by atoms with Gasteiger partial charge < -0.3 is 4.90 Å². The van der Waals surface area contributed by atoms with Crippen LogP contribution in [0.4, 0.5) is 5.69 Å². The van der Waals surface area contributed by atoms with Crippen LogP contribution in [0.25, 0.3) is 0 Å². The maximum absolute atomic E-state index is 12.1. The number of hydrogen-bond donors (Lipinski definition) is 0. The van der Waals surface area contributed by atoms with E-state index in [1.54, 1.807) is 16.9 Å². The van der Waals surface area contributed by atoms with Crippen LogP contribution in [0.1, 0.15) is 26.7 Å². The summed E-state index contributed by atoms with van der Waals surface area (Å²) < 4.78 is 1.60. The number of alkyl halides is 1. The summed E-state index contributed by atoms with van der Waals surface area (Å²) in [6.45, 7) is 6.69. The molecule has 1 aliphatic rings. The number of halogens is 1. The number of rotatable bonds is 6. The van der Waals surface area contributed by atoms with Crippen LogP contribution in [-0.4, -0.2) is 28.2 Å². The second-order valence-electron chi connectivity index (χ2n) is 5.02. The summed E-state index contributed by atoms with van der Waals surface area (Å²) in [5, 5.41) is 5.26. The molecule has 0 spiro atoms. The Labute approximate surface area is 116 Å². The number of nitrogens with zero attached hydrogens (tertiary/aromatic N) is 3. The van der Waals surface area contributed by atoms with E-state index < -0.39 is 0 Å². The van der Waals surface area contributed by atoms with Gasteiger partial charge in [-0.1, -0.05) is 15.9 Å². The van der Waals surface area contributed by atoms with Gasteiger partial charge in [-0.05, 0) is 32.1 Å². The van der Waals surface area contributed by atoms with Crippen molar-refractivity contribution in [3.8, 4) is 0 Å². The van der Waals surface area contributed by atoms with E-state index in [4.69, 9.17) is 0 Å². The normalized spacial score (nSPS) is 16.6. The monoisotopic (exact) mass is 313 g/mol. The van der Waals surface area contributed by atoms with Gasteiger partial charge in [0.25, 0.3) is 5.56 Å². The highest BCUT2D eigenvalue weighted by molar-refractivity contribution is 9.09. The summed E-state index contributed by atoms with van der Waals surface area (Å²) in [4.78, 5) is 14.2. The van der Waals surface area contributed by atoms with Crippen molar-refractivity contribution in [2.75, 3.05) is 23.3 Å². The van der Waals surface area contributed by atoms with Crippen molar-refractivity contribution in [2.24, 2.45) is 5.41 Å². The van der Waals surface area contributed by atoms with Gasteiger partial charge in [0.2, 0.25) is 0 Å². The Balaban J connectivity index is 2.17. The van der Waals surface area contributed by atoms with Crippen molar-refractivity contribution in [2.45, 2.75) is 33.2 Å². The molecule has 0 aliphatic heterocycles.